The lowest BCUT2D eigenvalue weighted by molar-refractivity contribution is -0.391. The summed E-state index contributed by atoms with van der Waals surface area (Å²) in [4.78, 5) is 13.7. The molecule has 9 nitrogen and oxygen atoms in total. The van der Waals surface area contributed by atoms with E-state index in [2.05, 4.69) is 35.9 Å². The van der Waals surface area contributed by atoms with Gasteiger partial charge in [0.25, 0.3) is 5.69 Å². The average molecular weight is 346 g/mol. The molecule has 20 heavy (non-hydrogen) atoms. The second-order valence-corrected chi connectivity index (χ2v) is 4.22. The number of benzene rings is 1. The van der Waals surface area contributed by atoms with Crippen LogP contribution in [0.2, 0.25) is 0 Å². The van der Waals surface area contributed by atoms with Crippen molar-refractivity contribution in [2.24, 2.45) is 4.99 Å². The van der Waals surface area contributed by atoms with Crippen LogP contribution in [0, 0.1) is 15.9 Å². The number of aliphatic imine (C=N–C) groups is 1. The molecule has 0 atom stereocenters. The number of amidine groups is 1. The number of hydrogen-bond acceptors (Lipinski definition) is 7. The number of hydroxylamine groups is 1. The Balaban J connectivity index is 2.45. The van der Waals surface area contributed by atoms with Crippen molar-refractivity contribution in [2.75, 3.05) is 0 Å². The number of nitrogens with one attached hydrogen (secondary N) is 1. The first-order valence-corrected chi connectivity index (χ1v) is 5.73. The van der Waals surface area contributed by atoms with Crippen LogP contribution >= 0.6 is 15.9 Å². The predicted molar refractivity (Wildman–Crippen MR) is 66.2 cm³/mol. The van der Waals surface area contributed by atoms with E-state index in [0.29, 0.717) is 0 Å². The van der Waals surface area contributed by atoms with Crippen molar-refractivity contribution < 1.29 is 19.2 Å². The molecule has 0 saturated heterocycles. The van der Waals surface area contributed by atoms with Crippen LogP contribution in [0.1, 0.15) is 5.69 Å². The Hall–Kier alpha value is -2.40. The molecule has 2 N–H and O–H groups in total. The van der Waals surface area contributed by atoms with Gasteiger partial charge in [0.05, 0.1) is 10.2 Å². The Labute approximate surface area is 118 Å². The molecule has 0 aliphatic heterocycles. The predicted octanol–water partition coefficient (Wildman–Crippen LogP) is 1.94. The SMILES string of the molecule is O=[N+]([O-])c1nonc1C(=Nc1ccc(F)c(Br)c1)NO. The maximum atomic E-state index is 13.1. The fourth-order valence-corrected chi connectivity index (χ4v) is 1.63. The van der Waals surface area contributed by atoms with Crippen molar-refractivity contribution in [3.8, 4) is 0 Å². The van der Waals surface area contributed by atoms with Gasteiger partial charge in [0.15, 0.2) is 11.0 Å². The van der Waals surface area contributed by atoms with Gasteiger partial charge in [-0.3, -0.25) is 5.21 Å². The Bertz CT molecular complexity index is 689. The molecule has 0 fully saturated rings. The number of halogens is 2. The summed E-state index contributed by atoms with van der Waals surface area (Å²) in [6.45, 7) is 0. The number of rotatable bonds is 3. The molecule has 0 radical (unpaired) electrons. The van der Waals surface area contributed by atoms with Crippen molar-refractivity contribution >= 4 is 33.3 Å². The monoisotopic (exact) mass is 345 g/mol. The van der Waals surface area contributed by atoms with Crippen molar-refractivity contribution in [3.05, 3.63) is 44.3 Å². The molecule has 0 amide bonds. The highest BCUT2D eigenvalue weighted by atomic mass is 79.9. The lowest BCUT2D eigenvalue weighted by Crippen LogP contribution is -2.21. The molecule has 2 rings (SSSR count). The zero-order valence-electron chi connectivity index (χ0n) is 9.45. The van der Waals surface area contributed by atoms with E-state index in [4.69, 9.17) is 5.21 Å². The number of nitro groups is 1. The molecule has 1 heterocycles. The highest BCUT2D eigenvalue weighted by Crippen LogP contribution is 2.23. The van der Waals surface area contributed by atoms with Gasteiger partial charge < -0.3 is 10.1 Å². The first-order valence-electron chi connectivity index (χ1n) is 4.94. The summed E-state index contributed by atoms with van der Waals surface area (Å²) in [7, 11) is 0. The minimum atomic E-state index is -0.848. The third-order valence-electron chi connectivity index (χ3n) is 2.12. The van der Waals surface area contributed by atoms with E-state index in [1.807, 2.05) is 0 Å². The van der Waals surface area contributed by atoms with Gasteiger partial charge in [0.2, 0.25) is 0 Å². The van der Waals surface area contributed by atoms with Crippen LogP contribution in [-0.4, -0.2) is 26.3 Å². The second-order valence-electron chi connectivity index (χ2n) is 3.36. The number of nitrogens with zero attached hydrogens (tertiary/aromatic N) is 4. The zero-order chi connectivity index (χ0) is 14.7. The normalized spacial score (nSPS) is 11.4. The lowest BCUT2D eigenvalue weighted by Gasteiger charge is -2.01. The summed E-state index contributed by atoms with van der Waals surface area (Å²) in [6.07, 6.45) is 0. The third-order valence-corrected chi connectivity index (χ3v) is 2.73. The van der Waals surface area contributed by atoms with Crippen LogP contribution in [-0.2, 0) is 0 Å². The van der Waals surface area contributed by atoms with Gasteiger partial charge in [-0.05, 0) is 44.2 Å². The second kappa shape index (κ2) is 5.71. The topological polar surface area (TPSA) is 127 Å². The van der Waals surface area contributed by atoms with Crippen LogP contribution in [0.5, 0.6) is 0 Å². The van der Waals surface area contributed by atoms with E-state index >= 15 is 0 Å². The largest absolute Gasteiger partial charge is 0.445 e. The summed E-state index contributed by atoms with van der Waals surface area (Å²) in [5.74, 6) is -1.58. The Morgan fingerprint density at radius 2 is 2.30 bits per heavy atom. The third kappa shape index (κ3) is 2.78. The molecule has 11 heteroatoms. The highest BCUT2D eigenvalue weighted by Gasteiger charge is 2.26. The molecule has 0 bridgehead atoms. The Morgan fingerprint density at radius 1 is 1.55 bits per heavy atom. The lowest BCUT2D eigenvalue weighted by atomic mass is 10.3. The molecule has 0 saturated carbocycles. The Morgan fingerprint density at radius 3 is 2.90 bits per heavy atom. The van der Waals surface area contributed by atoms with Gasteiger partial charge in [-0.2, -0.15) is 0 Å². The smallest absolute Gasteiger partial charge is 0.358 e. The van der Waals surface area contributed by atoms with Crippen molar-refractivity contribution in [2.45, 2.75) is 0 Å². The van der Waals surface area contributed by atoms with Gasteiger partial charge in [0.1, 0.15) is 5.82 Å². The number of aromatic nitrogens is 2. The average Bonchev–Trinajstić information content (AvgIpc) is 2.89. The van der Waals surface area contributed by atoms with E-state index < -0.39 is 22.3 Å². The first-order chi connectivity index (χ1) is 9.52. The molecule has 2 aromatic rings. The minimum absolute atomic E-state index is 0.142. The van der Waals surface area contributed by atoms with Crippen LogP contribution in [0.25, 0.3) is 0 Å². The number of hydrogen-bond donors (Lipinski definition) is 2. The fourth-order valence-electron chi connectivity index (χ4n) is 1.27. The summed E-state index contributed by atoms with van der Waals surface area (Å²) in [5, 5.41) is 26.0. The maximum Gasteiger partial charge on any atom is 0.445 e. The summed E-state index contributed by atoms with van der Waals surface area (Å²) in [5.41, 5.74) is 1.48. The van der Waals surface area contributed by atoms with Crippen molar-refractivity contribution in [1.82, 2.24) is 15.8 Å². The standard InChI is InChI=1S/C9H5BrFN5O4/c10-5-3-4(1-2-6(5)11)12-8(13-17)7-9(16(18)19)15-20-14-7/h1-3,17H,(H,12,13). The fraction of sp³-hybridized carbons (Fsp3) is 0. The Kier molecular flexibility index (Phi) is 4.00. The van der Waals surface area contributed by atoms with E-state index in [-0.39, 0.29) is 16.0 Å². The molecule has 0 aliphatic carbocycles. The van der Waals surface area contributed by atoms with E-state index in [1.54, 1.807) is 5.48 Å². The summed E-state index contributed by atoms with van der Waals surface area (Å²) < 4.78 is 17.4. The van der Waals surface area contributed by atoms with Crippen LogP contribution in [0.3, 0.4) is 0 Å². The van der Waals surface area contributed by atoms with Gasteiger partial charge in [0, 0.05) is 0 Å². The molecule has 104 valence electrons. The highest BCUT2D eigenvalue weighted by molar-refractivity contribution is 9.10. The van der Waals surface area contributed by atoms with Crippen molar-refractivity contribution in [3.63, 3.8) is 0 Å². The first kappa shape index (κ1) is 14.0. The molecule has 0 unspecified atom stereocenters. The quantitative estimate of drug-likeness (QED) is 0.376. The molecule has 0 spiro atoms. The molecule has 1 aromatic carbocycles. The van der Waals surface area contributed by atoms with Gasteiger partial charge in [-0.25, -0.2) is 14.9 Å². The van der Waals surface area contributed by atoms with Gasteiger partial charge in [-0.15, -0.1) is 4.63 Å². The summed E-state index contributed by atoms with van der Waals surface area (Å²) >= 11 is 2.96. The molecular formula is C9H5BrFN5O4. The van der Waals surface area contributed by atoms with E-state index in [0.717, 1.165) is 6.07 Å². The maximum absolute atomic E-state index is 13.1. The van der Waals surface area contributed by atoms with Gasteiger partial charge in [-0.1, -0.05) is 0 Å². The minimum Gasteiger partial charge on any atom is -0.358 e. The van der Waals surface area contributed by atoms with E-state index in [9.17, 15) is 14.5 Å². The molecule has 1 aromatic heterocycles. The van der Waals surface area contributed by atoms with Crippen LogP contribution < -0.4 is 5.48 Å². The van der Waals surface area contributed by atoms with Crippen molar-refractivity contribution in [1.29, 1.82) is 0 Å². The summed E-state index contributed by atoms with van der Waals surface area (Å²) in [6, 6.07) is 3.75. The van der Waals surface area contributed by atoms with Gasteiger partial charge >= 0.3 is 5.82 Å². The molecular weight excluding hydrogens is 341 g/mol. The van der Waals surface area contributed by atoms with Crippen LogP contribution in [0.4, 0.5) is 15.9 Å². The van der Waals surface area contributed by atoms with E-state index in [1.165, 1.54) is 12.1 Å². The zero-order valence-corrected chi connectivity index (χ0v) is 11.0. The molecule has 0 aliphatic rings. The van der Waals surface area contributed by atoms with Crippen LogP contribution in [0.15, 0.2) is 32.3 Å².